The topological polar surface area (TPSA) is 96.2 Å². The van der Waals surface area contributed by atoms with Crippen molar-refractivity contribution in [3.63, 3.8) is 0 Å². The number of pyridine rings is 1. The van der Waals surface area contributed by atoms with E-state index in [0.717, 1.165) is 25.0 Å². The molecule has 9 nitrogen and oxygen atoms in total. The van der Waals surface area contributed by atoms with Gasteiger partial charge in [0.05, 0.1) is 22.6 Å². The number of hydrogen-bond acceptors (Lipinski definition) is 6. The van der Waals surface area contributed by atoms with Crippen LogP contribution in [0, 0.1) is 0 Å². The number of aromatic nitrogens is 1. The number of hydrogen-bond donors (Lipinski definition) is 1. The van der Waals surface area contributed by atoms with E-state index in [4.69, 9.17) is 4.52 Å². The van der Waals surface area contributed by atoms with Gasteiger partial charge in [-0.05, 0) is 18.4 Å². The molecule has 1 N–H and O–H groups in total. The van der Waals surface area contributed by atoms with Crippen LogP contribution in [0.25, 0.3) is 0 Å². The molecule has 2 saturated heterocycles. The van der Waals surface area contributed by atoms with Gasteiger partial charge in [0.2, 0.25) is 5.43 Å². The molecular formula is C21H24N5O4P. The average Bonchev–Trinajstić information content (AvgIpc) is 3.25. The van der Waals surface area contributed by atoms with Crippen molar-refractivity contribution in [2.45, 2.75) is 31.6 Å². The summed E-state index contributed by atoms with van der Waals surface area (Å²) in [5.41, 5.74) is 0.408. The number of amides is 2. The molecule has 3 atom stereocenters. The van der Waals surface area contributed by atoms with Gasteiger partial charge in [-0.25, -0.2) is 0 Å². The van der Waals surface area contributed by atoms with Gasteiger partial charge in [0.15, 0.2) is 11.4 Å². The zero-order valence-corrected chi connectivity index (χ0v) is 18.1. The molecule has 10 heteroatoms. The number of fused-ring (bicyclic) bond motifs is 4. The largest absolute Gasteiger partial charge is 0.474 e. The van der Waals surface area contributed by atoms with Crippen molar-refractivity contribution in [3.05, 3.63) is 51.5 Å². The quantitative estimate of drug-likeness (QED) is 0.690. The molecule has 162 valence electrons. The summed E-state index contributed by atoms with van der Waals surface area (Å²) in [7, 11) is 2.03. The van der Waals surface area contributed by atoms with E-state index in [1.807, 2.05) is 32.6 Å². The number of carbonyl (C=O) groups excluding carboxylic acids is 2. The Kier molecular flexibility index (Phi) is 5.24. The SMILES string of the molecule is O=C(NCC1=CC=CCN=C1)c1cn2c(c(OP)c1=O)C(=O)N1C[C@@H]3CCCN3[C@H]1C2. The van der Waals surface area contributed by atoms with Gasteiger partial charge < -0.3 is 19.3 Å². The lowest BCUT2D eigenvalue weighted by molar-refractivity contribution is 0.0516. The fourth-order valence-electron chi connectivity index (χ4n) is 4.89. The van der Waals surface area contributed by atoms with Crippen LogP contribution in [0.5, 0.6) is 5.75 Å². The second-order valence-corrected chi connectivity index (χ2v) is 8.37. The van der Waals surface area contributed by atoms with Crippen molar-refractivity contribution in [1.29, 1.82) is 0 Å². The number of rotatable bonds is 4. The Morgan fingerprint density at radius 2 is 2.19 bits per heavy atom. The van der Waals surface area contributed by atoms with Crippen LogP contribution in [-0.2, 0) is 6.54 Å². The molecule has 1 aromatic heterocycles. The Balaban J connectivity index is 1.45. The smallest absolute Gasteiger partial charge is 0.275 e. The van der Waals surface area contributed by atoms with E-state index >= 15 is 0 Å². The first-order valence-electron chi connectivity index (χ1n) is 10.4. The predicted octanol–water partition coefficient (Wildman–Crippen LogP) is 0.574. The van der Waals surface area contributed by atoms with Crippen LogP contribution < -0.4 is 15.3 Å². The molecule has 2 amide bonds. The molecule has 1 aromatic rings. The first kappa shape index (κ1) is 20.2. The van der Waals surface area contributed by atoms with Crippen LogP contribution in [-0.4, -0.2) is 70.8 Å². The number of nitrogens with zero attached hydrogens (tertiary/aromatic N) is 4. The first-order chi connectivity index (χ1) is 15.1. The van der Waals surface area contributed by atoms with Gasteiger partial charge in [-0.1, -0.05) is 18.2 Å². The highest BCUT2D eigenvalue weighted by atomic mass is 31.0. The summed E-state index contributed by atoms with van der Waals surface area (Å²) in [5, 5.41) is 2.78. The van der Waals surface area contributed by atoms with E-state index in [-0.39, 0.29) is 35.6 Å². The molecule has 4 aliphatic heterocycles. The molecule has 0 aromatic carbocycles. The van der Waals surface area contributed by atoms with Gasteiger partial charge in [-0.2, -0.15) is 0 Å². The standard InChI is InChI=1S/C21H24N5O4P/c27-18-15(20(28)23-9-13-4-1-2-6-22-8-13)11-24-12-16-25-7-3-5-14(25)10-26(16)21(29)17(24)19(18)30-31/h1-2,4,8,11,14,16H,3,5-7,9-10,12,31H2,(H,23,28)/t14-,16+/m0/s1. The summed E-state index contributed by atoms with van der Waals surface area (Å²) in [6.07, 6.45) is 11.0. The third kappa shape index (κ3) is 3.42. The zero-order chi connectivity index (χ0) is 21.5. The molecule has 5 rings (SSSR count). The highest BCUT2D eigenvalue weighted by molar-refractivity contribution is 7.10. The van der Waals surface area contributed by atoms with E-state index in [1.54, 1.807) is 10.8 Å². The van der Waals surface area contributed by atoms with Crippen molar-refractivity contribution < 1.29 is 14.1 Å². The summed E-state index contributed by atoms with van der Waals surface area (Å²) in [6, 6.07) is 0.363. The van der Waals surface area contributed by atoms with Crippen molar-refractivity contribution in [2.24, 2.45) is 4.99 Å². The van der Waals surface area contributed by atoms with Crippen molar-refractivity contribution in [2.75, 3.05) is 26.2 Å². The number of carbonyl (C=O) groups is 2. The summed E-state index contributed by atoms with van der Waals surface area (Å²) in [6.45, 7) is 2.97. The van der Waals surface area contributed by atoms with Crippen LogP contribution in [0.1, 0.15) is 33.7 Å². The fraction of sp³-hybridized carbons (Fsp3) is 0.429. The lowest BCUT2D eigenvalue weighted by Crippen LogP contribution is -2.50. The van der Waals surface area contributed by atoms with Gasteiger partial charge >= 0.3 is 0 Å². The minimum absolute atomic E-state index is 0.0416. The Morgan fingerprint density at radius 3 is 3.03 bits per heavy atom. The molecule has 1 unspecified atom stereocenters. The Labute approximate surface area is 181 Å². The van der Waals surface area contributed by atoms with E-state index < -0.39 is 11.3 Å². The highest BCUT2D eigenvalue weighted by Crippen LogP contribution is 2.35. The maximum atomic E-state index is 13.2. The monoisotopic (exact) mass is 441 g/mol. The molecule has 2 fully saturated rings. The lowest BCUT2D eigenvalue weighted by Gasteiger charge is -2.36. The maximum Gasteiger partial charge on any atom is 0.275 e. The Bertz CT molecular complexity index is 1090. The molecule has 0 radical (unpaired) electrons. The Hall–Kier alpha value is -2.77. The molecular weight excluding hydrogens is 417 g/mol. The van der Waals surface area contributed by atoms with Crippen molar-refractivity contribution >= 4 is 27.5 Å². The predicted molar refractivity (Wildman–Crippen MR) is 119 cm³/mol. The summed E-state index contributed by atoms with van der Waals surface area (Å²) in [5.74, 6) is -0.836. The molecule has 0 aliphatic carbocycles. The molecule has 0 saturated carbocycles. The lowest BCUT2D eigenvalue weighted by atomic mass is 10.1. The minimum Gasteiger partial charge on any atom is -0.474 e. The zero-order valence-electron chi connectivity index (χ0n) is 17.0. The van der Waals surface area contributed by atoms with Crippen LogP contribution in [0.3, 0.4) is 0 Å². The average molecular weight is 441 g/mol. The normalized spacial score (nSPS) is 24.4. The van der Waals surface area contributed by atoms with Gasteiger partial charge in [0.1, 0.15) is 11.7 Å². The van der Waals surface area contributed by atoms with E-state index in [9.17, 15) is 14.4 Å². The second-order valence-electron chi connectivity index (χ2n) is 8.14. The third-order valence-corrected chi connectivity index (χ3v) is 6.60. The fourth-order valence-corrected chi connectivity index (χ4v) is 5.11. The van der Waals surface area contributed by atoms with Crippen molar-refractivity contribution in [3.8, 4) is 5.75 Å². The first-order valence-corrected chi connectivity index (χ1v) is 10.9. The molecule has 5 heterocycles. The minimum atomic E-state index is -0.589. The third-order valence-electron chi connectivity index (χ3n) is 6.36. The van der Waals surface area contributed by atoms with E-state index in [0.29, 0.717) is 25.7 Å². The van der Waals surface area contributed by atoms with Crippen LogP contribution in [0.2, 0.25) is 0 Å². The van der Waals surface area contributed by atoms with Gasteiger partial charge in [-0.15, -0.1) is 0 Å². The van der Waals surface area contributed by atoms with Gasteiger partial charge in [-0.3, -0.25) is 24.3 Å². The van der Waals surface area contributed by atoms with Crippen LogP contribution in [0.4, 0.5) is 0 Å². The summed E-state index contributed by atoms with van der Waals surface area (Å²) >= 11 is 0. The molecule has 31 heavy (non-hydrogen) atoms. The van der Waals surface area contributed by atoms with Crippen molar-refractivity contribution in [1.82, 2.24) is 19.7 Å². The maximum absolute atomic E-state index is 13.2. The van der Waals surface area contributed by atoms with Crippen LogP contribution >= 0.6 is 9.47 Å². The number of aliphatic imine (C=N–C) groups is 1. The van der Waals surface area contributed by atoms with E-state index in [2.05, 4.69) is 15.2 Å². The molecule has 0 bridgehead atoms. The Morgan fingerprint density at radius 1 is 1.32 bits per heavy atom. The summed E-state index contributed by atoms with van der Waals surface area (Å²) < 4.78 is 6.96. The van der Waals surface area contributed by atoms with Gasteiger partial charge in [0, 0.05) is 38.1 Å². The number of nitrogens with one attached hydrogen (secondary N) is 1. The van der Waals surface area contributed by atoms with E-state index in [1.165, 1.54) is 6.20 Å². The number of allylic oxidation sites excluding steroid dienone is 2. The van der Waals surface area contributed by atoms with Crippen LogP contribution in [0.15, 0.2) is 39.8 Å². The molecule has 4 aliphatic rings. The summed E-state index contributed by atoms with van der Waals surface area (Å²) in [4.78, 5) is 47.5. The second kappa shape index (κ2) is 8.05. The molecule has 0 spiro atoms. The van der Waals surface area contributed by atoms with Gasteiger partial charge in [0.25, 0.3) is 11.8 Å². The highest BCUT2D eigenvalue weighted by Gasteiger charge is 2.48.